The first-order chi connectivity index (χ1) is 9.82. The number of carbonyl (C=O) groups is 1. The standard InChI is InChI=1S/C13H13NO5S2/c1-14(7-9-4-2-3-5-11(9)15)21(18,19)12-6-10(8-20-12)13(16)17/h2-6,8,15H,7H2,1H3,(H,16,17). The lowest BCUT2D eigenvalue weighted by Crippen LogP contribution is -2.25. The molecular weight excluding hydrogens is 314 g/mol. The van der Waals surface area contributed by atoms with Gasteiger partial charge in [0.1, 0.15) is 9.96 Å². The molecule has 0 saturated heterocycles. The minimum absolute atomic E-state index is 0.00465. The second-order valence-electron chi connectivity index (χ2n) is 4.35. The van der Waals surface area contributed by atoms with Crippen molar-refractivity contribution in [1.29, 1.82) is 0 Å². The smallest absolute Gasteiger partial charge is 0.336 e. The number of phenols is 1. The molecule has 0 fully saturated rings. The van der Waals surface area contributed by atoms with E-state index in [0.717, 1.165) is 21.7 Å². The van der Waals surface area contributed by atoms with Crippen LogP contribution in [0.15, 0.2) is 39.9 Å². The highest BCUT2D eigenvalue weighted by Crippen LogP contribution is 2.26. The fourth-order valence-corrected chi connectivity index (χ4v) is 4.20. The monoisotopic (exact) mass is 327 g/mol. The van der Waals surface area contributed by atoms with Crippen molar-refractivity contribution in [2.24, 2.45) is 0 Å². The molecule has 0 atom stereocenters. The first kappa shape index (κ1) is 15.5. The summed E-state index contributed by atoms with van der Waals surface area (Å²) in [7, 11) is -2.41. The van der Waals surface area contributed by atoms with Gasteiger partial charge in [-0.25, -0.2) is 13.2 Å². The molecule has 1 aromatic heterocycles. The van der Waals surface area contributed by atoms with Crippen LogP contribution in [0.2, 0.25) is 0 Å². The van der Waals surface area contributed by atoms with Gasteiger partial charge in [-0.15, -0.1) is 11.3 Å². The van der Waals surface area contributed by atoms with Crippen LogP contribution in [0.3, 0.4) is 0 Å². The van der Waals surface area contributed by atoms with Crippen LogP contribution in [-0.4, -0.2) is 36.0 Å². The molecule has 0 bridgehead atoms. The van der Waals surface area contributed by atoms with E-state index in [9.17, 15) is 18.3 Å². The molecule has 0 radical (unpaired) electrons. The van der Waals surface area contributed by atoms with Crippen molar-refractivity contribution in [3.8, 4) is 5.75 Å². The van der Waals surface area contributed by atoms with Crippen LogP contribution in [0.4, 0.5) is 0 Å². The highest BCUT2D eigenvalue weighted by atomic mass is 32.2. The highest BCUT2D eigenvalue weighted by Gasteiger charge is 2.24. The lowest BCUT2D eigenvalue weighted by atomic mass is 10.2. The molecule has 0 unspecified atom stereocenters. The molecule has 8 heteroatoms. The summed E-state index contributed by atoms with van der Waals surface area (Å²) in [4.78, 5) is 10.8. The SMILES string of the molecule is CN(Cc1ccccc1O)S(=O)(=O)c1cc(C(=O)O)cs1. The van der Waals surface area contributed by atoms with Crippen molar-refractivity contribution in [3.63, 3.8) is 0 Å². The number of carboxylic acid groups (broad SMARTS) is 1. The predicted octanol–water partition coefficient (Wildman–Crippen LogP) is 1.97. The van der Waals surface area contributed by atoms with Crippen LogP contribution >= 0.6 is 11.3 Å². The van der Waals surface area contributed by atoms with Gasteiger partial charge in [-0.2, -0.15) is 4.31 Å². The van der Waals surface area contributed by atoms with E-state index in [2.05, 4.69) is 0 Å². The second kappa shape index (κ2) is 5.84. The molecule has 0 amide bonds. The summed E-state index contributed by atoms with van der Waals surface area (Å²) in [5, 5.41) is 19.8. The van der Waals surface area contributed by atoms with E-state index in [-0.39, 0.29) is 22.1 Å². The van der Waals surface area contributed by atoms with E-state index in [1.807, 2.05) is 0 Å². The maximum absolute atomic E-state index is 12.3. The van der Waals surface area contributed by atoms with Gasteiger partial charge in [0.25, 0.3) is 10.0 Å². The number of thiophene rings is 1. The molecule has 112 valence electrons. The Balaban J connectivity index is 2.26. The van der Waals surface area contributed by atoms with Crippen LogP contribution in [-0.2, 0) is 16.6 Å². The van der Waals surface area contributed by atoms with E-state index in [0.29, 0.717) is 5.56 Å². The summed E-state index contributed by atoms with van der Waals surface area (Å²) in [5.74, 6) is -1.16. The summed E-state index contributed by atoms with van der Waals surface area (Å²) in [6.45, 7) is -0.00465. The third-order valence-corrected chi connectivity index (χ3v) is 6.09. The zero-order valence-corrected chi connectivity index (χ0v) is 12.7. The van der Waals surface area contributed by atoms with Crippen molar-refractivity contribution < 1.29 is 23.4 Å². The molecule has 6 nitrogen and oxygen atoms in total. The van der Waals surface area contributed by atoms with Gasteiger partial charge in [0.2, 0.25) is 0 Å². The minimum atomic E-state index is -3.79. The number of aromatic carboxylic acids is 1. The Hall–Kier alpha value is -1.90. The first-order valence-electron chi connectivity index (χ1n) is 5.87. The number of hydrogen-bond donors (Lipinski definition) is 2. The summed E-state index contributed by atoms with van der Waals surface area (Å²) < 4.78 is 25.7. The molecule has 0 spiro atoms. The van der Waals surface area contributed by atoms with Crippen molar-refractivity contribution in [3.05, 3.63) is 46.8 Å². The van der Waals surface area contributed by atoms with Crippen molar-refractivity contribution in [1.82, 2.24) is 4.31 Å². The van der Waals surface area contributed by atoms with E-state index < -0.39 is 16.0 Å². The first-order valence-corrected chi connectivity index (χ1v) is 8.19. The Kier molecular flexibility index (Phi) is 4.31. The number of sulfonamides is 1. The van der Waals surface area contributed by atoms with Gasteiger partial charge in [-0.05, 0) is 12.1 Å². The summed E-state index contributed by atoms with van der Waals surface area (Å²) >= 11 is 0.855. The number of phenolic OH excluding ortho intramolecular Hbond substituents is 1. The molecule has 21 heavy (non-hydrogen) atoms. The quantitative estimate of drug-likeness (QED) is 0.875. The van der Waals surface area contributed by atoms with Gasteiger partial charge in [0, 0.05) is 24.5 Å². The van der Waals surface area contributed by atoms with Gasteiger partial charge in [0.15, 0.2) is 0 Å². The molecule has 0 aliphatic carbocycles. The Morgan fingerprint density at radius 2 is 2.00 bits per heavy atom. The maximum Gasteiger partial charge on any atom is 0.336 e. The average Bonchev–Trinajstić information content (AvgIpc) is 2.91. The lowest BCUT2D eigenvalue weighted by Gasteiger charge is -2.16. The van der Waals surface area contributed by atoms with E-state index in [1.54, 1.807) is 18.2 Å². The molecule has 0 aliphatic rings. The van der Waals surface area contributed by atoms with Crippen LogP contribution < -0.4 is 0 Å². The largest absolute Gasteiger partial charge is 0.508 e. The third kappa shape index (κ3) is 3.23. The second-order valence-corrected chi connectivity index (χ2v) is 7.53. The van der Waals surface area contributed by atoms with Crippen molar-refractivity contribution in [2.75, 3.05) is 7.05 Å². The fraction of sp³-hybridized carbons (Fsp3) is 0.154. The topological polar surface area (TPSA) is 94.9 Å². The van der Waals surface area contributed by atoms with Crippen molar-refractivity contribution in [2.45, 2.75) is 10.8 Å². The number of hydrogen-bond acceptors (Lipinski definition) is 5. The molecule has 0 saturated carbocycles. The third-order valence-electron chi connectivity index (χ3n) is 2.87. The summed E-state index contributed by atoms with van der Waals surface area (Å²) in [5.41, 5.74) is 0.410. The molecule has 2 rings (SSSR count). The Bertz CT molecular complexity index is 766. The Labute approximate surface area is 125 Å². The zero-order valence-electron chi connectivity index (χ0n) is 11.1. The Morgan fingerprint density at radius 1 is 1.33 bits per heavy atom. The molecule has 0 aliphatic heterocycles. The van der Waals surface area contributed by atoms with Gasteiger partial charge in [-0.1, -0.05) is 18.2 Å². The number of nitrogens with zero attached hydrogens (tertiary/aromatic N) is 1. The number of rotatable bonds is 5. The number of para-hydroxylation sites is 1. The number of benzene rings is 1. The fourth-order valence-electron chi connectivity index (χ4n) is 1.69. The molecule has 1 aromatic carbocycles. The van der Waals surface area contributed by atoms with Crippen molar-refractivity contribution >= 4 is 27.3 Å². The molecule has 2 aromatic rings. The molecular formula is C13H13NO5S2. The van der Waals surface area contributed by atoms with Gasteiger partial charge in [-0.3, -0.25) is 0 Å². The predicted molar refractivity (Wildman–Crippen MR) is 78.0 cm³/mol. The molecule has 1 heterocycles. The zero-order chi connectivity index (χ0) is 15.6. The van der Waals surface area contributed by atoms with E-state index in [4.69, 9.17) is 5.11 Å². The van der Waals surface area contributed by atoms with E-state index in [1.165, 1.54) is 18.5 Å². The number of aromatic hydroxyl groups is 1. The summed E-state index contributed by atoms with van der Waals surface area (Å²) in [6.07, 6.45) is 0. The average molecular weight is 327 g/mol. The van der Waals surface area contributed by atoms with Crippen LogP contribution in [0.5, 0.6) is 5.75 Å². The summed E-state index contributed by atoms with van der Waals surface area (Å²) in [6, 6.07) is 7.57. The molecule has 2 N–H and O–H groups in total. The van der Waals surface area contributed by atoms with Gasteiger partial charge >= 0.3 is 5.97 Å². The van der Waals surface area contributed by atoms with Crippen LogP contribution in [0.25, 0.3) is 0 Å². The number of carboxylic acids is 1. The maximum atomic E-state index is 12.3. The minimum Gasteiger partial charge on any atom is -0.508 e. The normalized spacial score (nSPS) is 11.7. The van der Waals surface area contributed by atoms with E-state index >= 15 is 0 Å². The van der Waals surface area contributed by atoms with Gasteiger partial charge < -0.3 is 10.2 Å². The van der Waals surface area contributed by atoms with Gasteiger partial charge in [0.05, 0.1) is 5.56 Å². The highest BCUT2D eigenvalue weighted by molar-refractivity contribution is 7.91. The van der Waals surface area contributed by atoms with Crippen LogP contribution in [0, 0.1) is 0 Å². The lowest BCUT2D eigenvalue weighted by molar-refractivity contribution is 0.0697. The Morgan fingerprint density at radius 3 is 2.57 bits per heavy atom. The van der Waals surface area contributed by atoms with Crippen LogP contribution in [0.1, 0.15) is 15.9 Å².